The van der Waals surface area contributed by atoms with Gasteiger partial charge in [0.2, 0.25) is 0 Å². The summed E-state index contributed by atoms with van der Waals surface area (Å²) < 4.78 is 5.40. The molecule has 0 saturated carbocycles. The summed E-state index contributed by atoms with van der Waals surface area (Å²) in [5.74, 6) is 0. The van der Waals surface area contributed by atoms with Gasteiger partial charge in [0.25, 0.3) is 0 Å². The summed E-state index contributed by atoms with van der Waals surface area (Å²) in [6.45, 7) is 9.28. The fraction of sp³-hybridized carbons (Fsp3) is 0.643. The number of halogens is 1. The standard InChI is InChI=1S/C14H20ClN3O3S/c1-9-7-17(13(20)21-14(2,3)4)5-6-18(9)12-16-11(15)10(8-19)22-12/h8-9H,5-7H2,1-4H3. The molecule has 1 unspecified atom stereocenters. The highest BCUT2D eigenvalue weighted by atomic mass is 35.5. The second-order valence-electron chi connectivity index (χ2n) is 6.24. The third-order valence-corrected chi connectivity index (χ3v) is 4.65. The van der Waals surface area contributed by atoms with E-state index in [2.05, 4.69) is 9.88 Å². The maximum Gasteiger partial charge on any atom is 0.410 e. The Morgan fingerprint density at radius 1 is 1.45 bits per heavy atom. The van der Waals surface area contributed by atoms with Crippen molar-refractivity contribution in [3.63, 3.8) is 0 Å². The first kappa shape index (κ1) is 17.0. The molecule has 0 aliphatic carbocycles. The first-order valence-electron chi connectivity index (χ1n) is 7.07. The molecule has 122 valence electrons. The van der Waals surface area contributed by atoms with E-state index in [1.54, 1.807) is 4.90 Å². The maximum atomic E-state index is 12.1. The van der Waals surface area contributed by atoms with Gasteiger partial charge in [-0.2, -0.15) is 0 Å². The van der Waals surface area contributed by atoms with E-state index in [-0.39, 0.29) is 17.3 Å². The number of amides is 1. The Balaban J connectivity index is 2.03. The van der Waals surface area contributed by atoms with Crippen LogP contribution < -0.4 is 4.90 Å². The first-order valence-corrected chi connectivity index (χ1v) is 8.27. The number of piperazine rings is 1. The van der Waals surface area contributed by atoms with Gasteiger partial charge in [-0.3, -0.25) is 4.79 Å². The molecule has 8 heteroatoms. The zero-order valence-electron chi connectivity index (χ0n) is 13.1. The van der Waals surface area contributed by atoms with Crippen LogP contribution in [0.2, 0.25) is 5.15 Å². The number of aromatic nitrogens is 1. The average molecular weight is 346 g/mol. The fourth-order valence-corrected chi connectivity index (χ4v) is 3.42. The highest BCUT2D eigenvalue weighted by Crippen LogP contribution is 2.30. The van der Waals surface area contributed by atoms with Crippen LogP contribution in [0.5, 0.6) is 0 Å². The molecule has 1 aromatic heterocycles. The van der Waals surface area contributed by atoms with Crippen LogP contribution >= 0.6 is 22.9 Å². The highest BCUT2D eigenvalue weighted by Gasteiger charge is 2.31. The maximum absolute atomic E-state index is 12.1. The monoisotopic (exact) mass is 345 g/mol. The van der Waals surface area contributed by atoms with Gasteiger partial charge in [0, 0.05) is 25.7 Å². The normalized spacial score (nSPS) is 19.2. The molecule has 1 aliphatic heterocycles. The average Bonchev–Trinajstić information content (AvgIpc) is 2.77. The number of hydrogen-bond acceptors (Lipinski definition) is 6. The number of anilines is 1. The molecule has 1 fully saturated rings. The van der Waals surface area contributed by atoms with E-state index in [0.29, 0.717) is 35.9 Å². The molecule has 0 aromatic carbocycles. The molecule has 22 heavy (non-hydrogen) atoms. The molecule has 0 bridgehead atoms. The molecule has 0 spiro atoms. The Labute approximate surface area is 139 Å². The van der Waals surface area contributed by atoms with Crippen molar-refractivity contribution >= 4 is 40.4 Å². The predicted octanol–water partition coefficient (Wildman–Crippen LogP) is 3.05. The Morgan fingerprint density at radius 3 is 2.64 bits per heavy atom. The van der Waals surface area contributed by atoms with Crippen molar-refractivity contribution in [3.05, 3.63) is 10.0 Å². The number of nitrogens with zero attached hydrogens (tertiary/aromatic N) is 3. The van der Waals surface area contributed by atoms with E-state index in [1.807, 2.05) is 27.7 Å². The molecule has 2 rings (SSSR count). The Morgan fingerprint density at radius 2 is 2.14 bits per heavy atom. The van der Waals surface area contributed by atoms with E-state index in [9.17, 15) is 9.59 Å². The molecule has 1 saturated heterocycles. The SMILES string of the molecule is CC1CN(C(=O)OC(C)(C)C)CCN1c1nc(Cl)c(C=O)s1. The number of rotatable bonds is 2. The lowest BCUT2D eigenvalue weighted by Gasteiger charge is -2.40. The zero-order valence-corrected chi connectivity index (χ0v) is 14.7. The van der Waals surface area contributed by atoms with E-state index in [4.69, 9.17) is 16.3 Å². The Hall–Kier alpha value is -1.34. The second kappa shape index (κ2) is 6.42. The van der Waals surface area contributed by atoms with Crippen molar-refractivity contribution in [2.24, 2.45) is 0 Å². The van der Waals surface area contributed by atoms with Crippen molar-refractivity contribution in [1.82, 2.24) is 9.88 Å². The smallest absolute Gasteiger partial charge is 0.410 e. The van der Waals surface area contributed by atoms with Crippen LogP contribution in [0.4, 0.5) is 9.93 Å². The van der Waals surface area contributed by atoms with Crippen molar-refractivity contribution in [1.29, 1.82) is 0 Å². The summed E-state index contributed by atoms with van der Waals surface area (Å²) >= 11 is 7.19. The summed E-state index contributed by atoms with van der Waals surface area (Å²) in [7, 11) is 0. The molecular weight excluding hydrogens is 326 g/mol. The van der Waals surface area contributed by atoms with Crippen molar-refractivity contribution in [2.75, 3.05) is 24.5 Å². The number of carbonyl (C=O) groups excluding carboxylic acids is 2. The number of ether oxygens (including phenoxy) is 1. The minimum atomic E-state index is -0.501. The van der Waals surface area contributed by atoms with Crippen molar-refractivity contribution < 1.29 is 14.3 Å². The minimum absolute atomic E-state index is 0.0722. The van der Waals surface area contributed by atoms with Gasteiger partial charge in [-0.05, 0) is 27.7 Å². The van der Waals surface area contributed by atoms with Gasteiger partial charge in [0.05, 0.1) is 0 Å². The Bertz CT molecular complexity index is 570. The number of thiazole rings is 1. The van der Waals surface area contributed by atoms with Crippen LogP contribution in [0.25, 0.3) is 0 Å². The summed E-state index contributed by atoms with van der Waals surface area (Å²) in [6, 6.07) is 0.0722. The van der Waals surface area contributed by atoms with Gasteiger partial charge in [0.1, 0.15) is 10.5 Å². The number of carbonyl (C=O) groups is 2. The number of aldehydes is 1. The molecule has 0 N–H and O–H groups in total. The largest absolute Gasteiger partial charge is 0.444 e. The zero-order chi connectivity index (χ0) is 16.5. The van der Waals surface area contributed by atoms with Gasteiger partial charge in [-0.1, -0.05) is 22.9 Å². The highest BCUT2D eigenvalue weighted by molar-refractivity contribution is 7.17. The summed E-state index contributed by atoms with van der Waals surface area (Å²) in [5.41, 5.74) is -0.501. The molecule has 1 amide bonds. The van der Waals surface area contributed by atoms with Crippen molar-refractivity contribution in [3.8, 4) is 0 Å². The van der Waals surface area contributed by atoms with E-state index in [0.717, 1.165) is 0 Å². The Kier molecular flexibility index (Phi) is 4.97. The molecule has 6 nitrogen and oxygen atoms in total. The van der Waals surface area contributed by atoms with Crippen LogP contribution in [0, 0.1) is 0 Å². The predicted molar refractivity (Wildman–Crippen MR) is 87.1 cm³/mol. The van der Waals surface area contributed by atoms with E-state index >= 15 is 0 Å². The molecule has 1 aliphatic rings. The van der Waals surface area contributed by atoms with Crippen LogP contribution in [0.1, 0.15) is 37.4 Å². The molecule has 0 radical (unpaired) electrons. The summed E-state index contributed by atoms with van der Waals surface area (Å²) in [6.07, 6.45) is 0.412. The molecular formula is C14H20ClN3O3S. The topological polar surface area (TPSA) is 62.7 Å². The quantitative estimate of drug-likeness (QED) is 0.771. The fourth-order valence-electron chi connectivity index (χ4n) is 2.23. The van der Waals surface area contributed by atoms with Crippen LogP contribution in [-0.2, 0) is 4.74 Å². The second-order valence-corrected chi connectivity index (χ2v) is 7.61. The van der Waals surface area contributed by atoms with Crippen LogP contribution in [0.3, 0.4) is 0 Å². The van der Waals surface area contributed by atoms with Gasteiger partial charge in [-0.15, -0.1) is 0 Å². The summed E-state index contributed by atoms with van der Waals surface area (Å²) in [4.78, 5) is 31.4. The van der Waals surface area contributed by atoms with E-state index in [1.165, 1.54) is 11.3 Å². The third-order valence-electron chi connectivity index (χ3n) is 3.23. The van der Waals surface area contributed by atoms with Gasteiger partial charge >= 0.3 is 6.09 Å². The summed E-state index contributed by atoms with van der Waals surface area (Å²) in [5, 5.41) is 0.945. The van der Waals surface area contributed by atoms with E-state index < -0.39 is 5.60 Å². The lowest BCUT2D eigenvalue weighted by atomic mass is 10.2. The number of hydrogen-bond donors (Lipinski definition) is 0. The molecule has 1 aromatic rings. The third kappa shape index (κ3) is 3.89. The van der Waals surface area contributed by atoms with Crippen LogP contribution in [-0.4, -0.2) is 53.5 Å². The lowest BCUT2D eigenvalue weighted by molar-refractivity contribution is 0.0218. The van der Waals surface area contributed by atoms with Gasteiger partial charge in [-0.25, -0.2) is 9.78 Å². The lowest BCUT2D eigenvalue weighted by Crippen LogP contribution is -2.54. The minimum Gasteiger partial charge on any atom is -0.444 e. The van der Waals surface area contributed by atoms with Crippen LogP contribution in [0.15, 0.2) is 0 Å². The van der Waals surface area contributed by atoms with Gasteiger partial charge in [0.15, 0.2) is 16.6 Å². The molecule has 2 heterocycles. The van der Waals surface area contributed by atoms with Crippen molar-refractivity contribution in [2.45, 2.75) is 39.3 Å². The van der Waals surface area contributed by atoms with Gasteiger partial charge < -0.3 is 14.5 Å². The molecule has 1 atom stereocenters. The first-order chi connectivity index (χ1) is 10.2.